The largest absolute Gasteiger partial charge is 0.478 e. The molecule has 0 aliphatic rings. The fraction of sp³-hybridized carbons (Fsp3) is 0. The molecule has 0 saturated heterocycles. The molecular formula is C17H14N4O5S. The Morgan fingerprint density at radius 1 is 1.11 bits per heavy atom. The molecule has 138 valence electrons. The molecule has 0 atom stereocenters. The minimum atomic E-state index is -3.81. The van der Waals surface area contributed by atoms with Gasteiger partial charge in [-0.05, 0) is 42.5 Å². The van der Waals surface area contributed by atoms with Crippen molar-refractivity contribution >= 4 is 33.3 Å². The molecule has 0 radical (unpaired) electrons. The van der Waals surface area contributed by atoms with E-state index in [1.165, 1.54) is 48.5 Å². The van der Waals surface area contributed by atoms with Crippen LogP contribution in [0, 0.1) is 11.3 Å². The first kappa shape index (κ1) is 19.6. The second-order valence-corrected chi connectivity index (χ2v) is 6.79. The number of carboxylic acids is 1. The summed E-state index contributed by atoms with van der Waals surface area (Å²) < 4.78 is 22.4. The maximum Gasteiger partial charge on any atom is 0.335 e. The average molecular weight is 386 g/mol. The van der Waals surface area contributed by atoms with Crippen molar-refractivity contribution in [3.8, 4) is 6.07 Å². The molecule has 0 aromatic heterocycles. The summed E-state index contributed by atoms with van der Waals surface area (Å²) >= 11 is 0. The molecule has 9 nitrogen and oxygen atoms in total. The summed E-state index contributed by atoms with van der Waals surface area (Å²) in [6.45, 7) is 0. The number of hydrogen-bond donors (Lipinski definition) is 4. The lowest BCUT2D eigenvalue weighted by molar-refractivity contribution is -0.112. The van der Waals surface area contributed by atoms with Gasteiger partial charge in [-0.15, -0.1) is 0 Å². The van der Waals surface area contributed by atoms with Gasteiger partial charge in [-0.25, -0.2) is 18.4 Å². The maximum absolute atomic E-state index is 12.1. The molecule has 0 spiro atoms. The number of carboxylic acid groups (broad SMARTS) is 1. The van der Waals surface area contributed by atoms with Gasteiger partial charge < -0.3 is 15.7 Å². The number of hydrogen-bond acceptors (Lipinski definition) is 6. The van der Waals surface area contributed by atoms with Crippen LogP contribution in [-0.4, -0.2) is 25.4 Å². The molecule has 10 heteroatoms. The first-order chi connectivity index (χ1) is 12.7. The quantitative estimate of drug-likeness (QED) is 0.431. The zero-order chi connectivity index (χ0) is 20.0. The van der Waals surface area contributed by atoms with Crippen LogP contribution in [0.15, 0.2) is 65.2 Å². The average Bonchev–Trinajstić information content (AvgIpc) is 2.62. The van der Waals surface area contributed by atoms with Crippen LogP contribution < -0.4 is 15.8 Å². The summed E-state index contributed by atoms with van der Waals surface area (Å²) in [6, 6.07) is 12.7. The lowest BCUT2D eigenvalue weighted by atomic mass is 10.2. The van der Waals surface area contributed by atoms with E-state index in [-0.39, 0.29) is 21.7 Å². The first-order valence-electron chi connectivity index (χ1n) is 7.35. The SMILES string of the molecule is N#C/C(=C/Nc1ccc(S(N)(=O)=O)cc1)C(=O)Nc1cccc(C(=O)O)c1. The van der Waals surface area contributed by atoms with Crippen LogP contribution >= 0.6 is 0 Å². The predicted octanol–water partition coefficient (Wildman–Crippen LogP) is 1.49. The number of carbonyl (C=O) groups excluding carboxylic acids is 1. The summed E-state index contributed by atoms with van der Waals surface area (Å²) in [7, 11) is -3.81. The molecule has 0 fully saturated rings. The molecular weight excluding hydrogens is 372 g/mol. The molecule has 27 heavy (non-hydrogen) atoms. The minimum absolute atomic E-state index is 0.0108. The Bertz CT molecular complexity index is 1050. The van der Waals surface area contributed by atoms with Gasteiger partial charge in [0.25, 0.3) is 5.91 Å². The van der Waals surface area contributed by atoms with Crippen LogP contribution in [0.1, 0.15) is 10.4 Å². The normalized spacial score (nSPS) is 11.3. The summed E-state index contributed by atoms with van der Waals surface area (Å²) in [5.74, 6) is -1.89. The van der Waals surface area contributed by atoms with Gasteiger partial charge in [-0.1, -0.05) is 6.07 Å². The predicted molar refractivity (Wildman–Crippen MR) is 97.2 cm³/mol. The number of nitrogens with zero attached hydrogens (tertiary/aromatic N) is 1. The minimum Gasteiger partial charge on any atom is -0.478 e. The molecule has 0 aliphatic carbocycles. The van der Waals surface area contributed by atoms with Crippen molar-refractivity contribution in [3.63, 3.8) is 0 Å². The van der Waals surface area contributed by atoms with E-state index in [1.807, 2.05) is 0 Å². The fourth-order valence-electron chi connectivity index (χ4n) is 1.97. The summed E-state index contributed by atoms with van der Waals surface area (Å²) in [4.78, 5) is 23.0. The van der Waals surface area contributed by atoms with Gasteiger partial charge in [0.1, 0.15) is 11.6 Å². The molecule has 2 rings (SSSR count). The zero-order valence-corrected chi connectivity index (χ0v) is 14.5. The highest BCUT2D eigenvalue weighted by Gasteiger charge is 2.11. The van der Waals surface area contributed by atoms with Crippen molar-refractivity contribution in [2.24, 2.45) is 5.14 Å². The molecule has 0 heterocycles. The highest BCUT2D eigenvalue weighted by Crippen LogP contribution is 2.14. The lowest BCUT2D eigenvalue weighted by Crippen LogP contribution is -2.15. The summed E-state index contributed by atoms with van der Waals surface area (Å²) in [6.07, 6.45) is 1.14. The molecule has 2 aromatic rings. The van der Waals surface area contributed by atoms with Crippen LogP contribution in [0.4, 0.5) is 11.4 Å². The van der Waals surface area contributed by atoms with E-state index in [0.717, 1.165) is 6.20 Å². The van der Waals surface area contributed by atoms with Crippen LogP contribution in [-0.2, 0) is 14.8 Å². The highest BCUT2D eigenvalue weighted by atomic mass is 32.2. The smallest absolute Gasteiger partial charge is 0.335 e. The lowest BCUT2D eigenvalue weighted by Gasteiger charge is -2.06. The van der Waals surface area contributed by atoms with Gasteiger partial charge in [-0.3, -0.25) is 4.79 Å². The second kappa shape index (κ2) is 8.13. The Labute approximate surface area is 154 Å². The van der Waals surface area contributed by atoms with Crippen molar-refractivity contribution < 1.29 is 23.1 Å². The number of primary sulfonamides is 1. The van der Waals surface area contributed by atoms with Gasteiger partial charge in [-0.2, -0.15) is 5.26 Å². The molecule has 0 saturated carbocycles. The second-order valence-electron chi connectivity index (χ2n) is 5.22. The van der Waals surface area contributed by atoms with Crippen molar-refractivity contribution in [1.82, 2.24) is 0 Å². The van der Waals surface area contributed by atoms with Crippen molar-refractivity contribution in [2.75, 3.05) is 10.6 Å². The fourth-order valence-corrected chi connectivity index (χ4v) is 2.49. The highest BCUT2D eigenvalue weighted by molar-refractivity contribution is 7.89. The Balaban J connectivity index is 2.11. The number of nitrogens with two attached hydrogens (primary N) is 1. The molecule has 0 bridgehead atoms. The number of rotatable bonds is 6. The Kier molecular flexibility index (Phi) is 5.92. The van der Waals surface area contributed by atoms with E-state index in [9.17, 15) is 18.0 Å². The first-order valence-corrected chi connectivity index (χ1v) is 8.90. The van der Waals surface area contributed by atoms with E-state index in [4.69, 9.17) is 15.5 Å². The molecule has 5 N–H and O–H groups in total. The van der Waals surface area contributed by atoms with E-state index < -0.39 is 21.9 Å². The number of carbonyl (C=O) groups is 2. The number of anilines is 2. The van der Waals surface area contributed by atoms with Crippen LogP contribution in [0.3, 0.4) is 0 Å². The van der Waals surface area contributed by atoms with Gasteiger partial charge >= 0.3 is 5.97 Å². The van der Waals surface area contributed by atoms with Gasteiger partial charge in [0, 0.05) is 17.6 Å². The van der Waals surface area contributed by atoms with E-state index >= 15 is 0 Å². The molecule has 0 aliphatic heterocycles. The molecule has 2 aromatic carbocycles. The molecule has 0 unspecified atom stereocenters. The third-order valence-corrected chi connectivity index (χ3v) is 4.23. The van der Waals surface area contributed by atoms with Crippen molar-refractivity contribution in [1.29, 1.82) is 5.26 Å². The number of nitriles is 1. The Morgan fingerprint density at radius 3 is 2.33 bits per heavy atom. The monoisotopic (exact) mass is 386 g/mol. The number of amides is 1. The van der Waals surface area contributed by atoms with Gasteiger partial charge in [0.15, 0.2) is 0 Å². The Hall–Kier alpha value is -3.68. The maximum atomic E-state index is 12.1. The Morgan fingerprint density at radius 2 is 1.78 bits per heavy atom. The van der Waals surface area contributed by atoms with E-state index in [0.29, 0.717) is 5.69 Å². The van der Waals surface area contributed by atoms with Gasteiger partial charge in [0.05, 0.1) is 10.5 Å². The number of sulfonamides is 1. The molecule has 1 amide bonds. The standard InChI is InChI=1S/C17H14N4O5S/c18-9-12(10-20-13-4-6-15(7-5-13)27(19,25)26)16(22)21-14-3-1-2-11(8-14)17(23)24/h1-8,10,20H,(H,21,22)(H,23,24)(H2,19,25,26)/b12-10-. The van der Waals surface area contributed by atoms with Crippen molar-refractivity contribution in [3.05, 3.63) is 65.9 Å². The van der Waals surface area contributed by atoms with Crippen LogP contribution in [0.2, 0.25) is 0 Å². The summed E-state index contributed by atoms with van der Waals surface area (Å²) in [5, 5.41) is 28.2. The van der Waals surface area contributed by atoms with E-state index in [1.54, 1.807) is 6.07 Å². The van der Waals surface area contributed by atoms with Crippen LogP contribution in [0.5, 0.6) is 0 Å². The summed E-state index contributed by atoms with van der Waals surface area (Å²) in [5.41, 5.74) is 0.365. The number of nitrogens with one attached hydrogen (secondary N) is 2. The third kappa shape index (κ3) is 5.40. The number of benzene rings is 2. The topological polar surface area (TPSA) is 162 Å². The van der Waals surface area contributed by atoms with Gasteiger partial charge in [0.2, 0.25) is 10.0 Å². The van der Waals surface area contributed by atoms with Crippen molar-refractivity contribution in [2.45, 2.75) is 4.90 Å². The van der Waals surface area contributed by atoms with E-state index in [2.05, 4.69) is 10.6 Å². The number of aromatic carboxylic acids is 1. The van der Waals surface area contributed by atoms with Crippen LogP contribution in [0.25, 0.3) is 0 Å². The third-order valence-electron chi connectivity index (χ3n) is 3.30. The zero-order valence-electron chi connectivity index (χ0n) is 13.7.